The van der Waals surface area contributed by atoms with Gasteiger partial charge in [0.1, 0.15) is 6.10 Å². The molecule has 4 nitrogen and oxygen atoms in total. The van der Waals surface area contributed by atoms with E-state index in [4.69, 9.17) is 4.74 Å². The van der Waals surface area contributed by atoms with Crippen LogP contribution >= 0.6 is 15.9 Å². The van der Waals surface area contributed by atoms with Gasteiger partial charge in [-0.3, -0.25) is 0 Å². The van der Waals surface area contributed by atoms with Gasteiger partial charge >= 0.3 is 5.97 Å². The molecule has 0 aliphatic carbocycles. The number of benzene rings is 1. The quantitative estimate of drug-likeness (QED) is 0.479. The molecule has 2 rings (SSSR count). The first-order valence-corrected chi connectivity index (χ1v) is 6.18. The summed E-state index contributed by atoms with van der Waals surface area (Å²) in [7, 11) is 0. The van der Waals surface area contributed by atoms with Crippen LogP contribution in [0.5, 0.6) is 0 Å². The standard InChI is InChI=1S/C12H12BrNO3/c1-8(15)17-14-11-7-10(13)12(16-11)9-5-3-2-4-6-9/h2-6,10,12H,7H2,1H3/b14-11-/t10-,12+/m0/s1. The SMILES string of the molecule is CC(=O)O/N=C1/C[C@H](Br)[C@@H](c2ccccc2)O1. The Morgan fingerprint density at radius 1 is 1.47 bits per heavy atom. The van der Waals surface area contributed by atoms with Crippen LogP contribution in [0.2, 0.25) is 0 Å². The van der Waals surface area contributed by atoms with E-state index in [0.717, 1.165) is 5.56 Å². The van der Waals surface area contributed by atoms with Crippen LogP contribution < -0.4 is 0 Å². The molecule has 1 saturated heterocycles. The van der Waals surface area contributed by atoms with Gasteiger partial charge in [0.2, 0.25) is 5.90 Å². The average Bonchev–Trinajstić information content (AvgIpc) is 2.69. The zero-order valence-corrected chi connectivity index (χ0v) is 10.9. The first-order valence-electron chi connectivity index (χ1n) is 5.27. The normalized spacial score (nSPS) is 25.6. The zero-order chi connectivity index (χ0) is 12.3. The number of halogens is 1. The predicted octanol–water partition coefficient (Wildman–Crippen LogP) is 2.79. The third-order valence-electron chi connectivity index (χ3n) is 2.37. The predicted molar refractivity (Wildman–Crippen MR) is 66.8 cm³/mol. The van der Waals surface area contributed by atoms with Crippen molar-refractivity contribution in [2.45, 2.75) is 24.3 Å². The molecule has 1 aromatic carbocycles. The number of hydrogen-bond acceptors (Lipinski definition) is 4. The zero-order valence-electron chi connectivity index (χ0n) is 9.30. The molecule has 0 unspecified atom stereocenters. The second-order valence-electron chi connectivity index (χ2n) is 3.74. The maximum atomic E-state index is 10.6. The highest BCUT2D eigenvalue weighted by molar-refractivity contribution is 9.09. The molecule has 0 aromatic heterocycles. The van der Waals surface area contributed by atoms with Crippen LogP contribution in [0.25, 0.3) is 0 Å². The third kappa shape index (κ3) is 3.06. The summed E-state index contributed by atoms with van der Waals surface area (Å²) in [6, 6.07) is 9.86. The van der Waals surface area contributed by atoms with Crippen molar-refractivity contribution in [3.63, 3.8) is 0 Å². The maximum Gasteiger partial charge on any atom is 0.332 e. The van der Waals surface area contributed by atoms with Crippen molar-refractivity contribution in [1.29, 1.82) is 0 Å². The first-order chi connectivity index (χ1) is 8.16. The topological polar surface area (TPSA) is 47.9 Å². The molecule has 1 fully saturated rings. The van der Waals surface area contributed by atoms with Crippen molar-refractivity contribution in [1.82, 2.24) is 0 Å². The lowest BCUT2D eigenvalue weighted by molar-refractivity contribution is -0.141. The van der Waals surface area contributed by atoms with E-state index in [9.17, 15) is 4.79 Å². The van der Waals surface area contributed by atoms with E-state index >= 15 is 0 Å². The number of ether oxygens (including phenoxy) is 1. The van der Waals surface area contributed by atoms with E-state index in [2.05, 4.69) is 25.9 Å². The van der Waals surface area contributed by atoms with Gasteiger partial charge in [0.05, 0.1) is 4.83 Å². The molecular formula is C12H12BrNO3. The van der Waals surface area contributed by atoms with Crippen molar-refractivity contribution in [2.75, 3.05) is 0 Å². The van der Waals surface area contributed by atoms with Crippen LogP contribution in [-0.2, 0) is 14.4 Å². The molecule has 0 radical (unpaired) electrons. The van der Waals surface area contributed by atoms with E-state index < -0.39 is 5.97 Å². The monoisotopic (exact) mass is 297 g/mol. The van der Waals surface area contributed by atoms with Crippen LogP contribution in [0.4, 0.5) is 0 Å². The largest absolute Gasteiger partial charge is 0.469 e. The van der Waals surface area contributed by atoms with Gasteiger partial charge in [-0.05, 0) is 10.7 Å². The number of rotatable bonds is 2. The number of oxime groups is 1. The minimum atomic E-state index is -0.449. The number of alkyl halides is 1. The van der Waals surface area contributed by atoms with Crippen LogP contribution in [0.15, 0.2) is 35.5 Å². The first kappa shape index (κ1) is 12.1. The molecule has 90 valence electrons. The van der Waals surface area contributed by atoms with Crippen LogP contribution in [0.3, 0.4) is 0 Å². The number of carbonyl (C=O) groups is 1. The number of hydrogen-bond donors (Lipinski definition) is 0. The minimum absolute atomic E-state index is 0.0921. The van der Waals surface area contributed by atoms with Crippen molar-refractivity contribution in [3.8, 4) is 0 Å². The Kier molecular flexibility index (Phi) is 3.78. The summed E-state index contributed by atoms with van der Waals surface area (Å²) in [4.78, 5) is 15.3. The summed E-state index contributed by atoms with van der Waals surface area (Å²) >= 11 is 3.54. The molecule has 0 bridgehead atoms. The summed E-state index contributed by atoms with van der Waals surface area (Å²) in [5.41, 5.74) is 1.07. The molecule has 0 N–H and O–H groups in total. The van der Waals surface area contributed by atoms with Gasteiger partial charge in [0.15, 0.2) is 0 Å². The van der Waals surface area contributed by atoms with Gasteiger partial charge < -0.3 is 9.57 Å². The lowest BCUT2D eigenvalue weighted by Gasteiger charge is -2.12. The Morgan fingerprint density at radius 2 is 2.18 bits per heavy atom. The van der Waals surface area contributed by atoms with Crippen LogP contribution in [0.1, 0.15) is 25.0 Å². The molecule has 0 amide bonds. The molecule has 1 aliphatic heterocycles. The summed E-state index contributed by atoms with van der Waals surface area (Å²) in [5.74, 6) is -0.00804. The van der Waals surface area contributed by atoms with Crippen molar-refractivity contribution in [2.24, 2.45) is 5.16 Å². The fraction of sp³-hybridized carbons (Fsp3) is 0.333. The summed E-state index contributed by atoms with van der Waals surface area (Å²) in [6.07, 6.45) is 0.512. The van der Waals surface area contributed by atoms with E-state index in [1.807, 2.05) is 30.3 Å². The van der Waals surface area contributed by atoms with Gasteiger partial charge in [-0.15, -0.1) is 0 Å². The molecule has 17 heavy (non-hydrogen) atoms. The molecule has 1 heterocycles. The Bertz CT molecular complexity index is 433. The highest BCUT2D eigenvalue weighted by atomic mass is 79.9. The van der Waals surface area contributed by atoms with Gasteiger partial charge in [-0.25, -0.2) is 4.79 Å². The third-order valence-corrected chi connectivity index (χ3v) is 3.17. The fourth-order valence-electron chi connectivity index (χ4n) is 1.64. The molecular weight excluding hydrogens is 286 g/mol. The Labute approximate surface area is 108 Å². The smallest absolute Gasteiger partial charge is 0.332 e. The molecule has 2 atom stereocenters. The Balaban J connectivity index is 2.08. The highest BCUT2D eigenvalue weighted by Gasteiger charge is 2.33. The van der Waals surface area contributed by atoms with Crippen LogP contribution in [0, 0.1) is 0 Å². The van der Waals surface area contributed by atoms with E-state index in [1.165, 1.54) is 6.92 Å². The van der Waals surface area contributed by atoms with Crippen molar-refractivity contribution < 1.29 is 14.4 Å². The number of nitrogens with zero attached hydrogens (tertiary/aromatic N) is 1. The Morgan fingerprint density at radius 3 is 2.82 bits per heavy atom. The second kappa shape index (κ2) is 5.31. The van der Waals surface area contributed by atoms with Gasteiger partial charge in [0, 0.05) is 13.3 Å². The Hall–Kier alpha value is -1.36. The average molecular weight is 298 g/mol. The fourth-order valence-corrected chi connectivity index (χ4v) is 2.33. The molecule has 0 saturated carbocycles. The van der Waals surface area contributed by atoms with Gasteiger partial charge in [-0.1, -0.05) is 46.3 Å². The van der Waals surface area contributed by atoms with E-state index in [0.29, 0.717) is 12.3 Å². The number of carbonyl (C=O) groups excluding carboxylic acids is 1. The summed E-state index contributed by atoms with van der Waals surface area (Å²) in [5, 5.41) is 3.66. The lowest BCUT2D eigenvalue weighted by atomic mass is 10.1. The molecule has 1 aromatic rings. The van der Waals surface area contributed by atoms with Gasteiger partial charge in [0.25, 0.3) is 0 Å². The molecule has 0 spiro atoms. The second-order valence-corrected chi connectivity index (χ2v) is 4.91. The van der Waals surface area contributed by atoms with Crippen LogP contribution in [-0.4, -0.2) is 16.7 Å². The van der Waals surface area contributed by atoms with Crippen molar-refractivity contribution >= 4 is 27.8 Å². The minimum Gasteiger partial charge on any atom is -0.469 e. The lowest BCUT2D eigenvalue weighted by Crippen LogP contribution is -2.05. The summed E-state index contributed by atoms with van der Waals surface area (Å²) in [6.45, 7) is 1.30. The van der Waals surface area contributed by atoms with E-state index in [1.54, 1.807) is 0 Å². The summed E-state index contributed by atoms with van der Waals surface area (Å²) < 4.78 is 5.64. The molecule has 5 heteroatoms. The maximum absolute atomic E-state index is 10.6. The van der Waals surface area contributed by atoms with E-state index in [-0.39, 0.29) is 10.9 Å². The van der Waals surface area contributed by atoms with Crippen molar-refractivity contribution in [3.05, 3.63) is 35.9 Å². The molecule has 1 aliphatic rings. The highest BCUT2D eigenvalue weighted by Crippen LogP contribution is 2.35. The van der Waals surface area contributed by atoms with Gasteiger partial charge in [-0.2, -0.15) is 0 Å².